The Bertz CT molecular complexity index is 204. The molecule has 14 heavy (non-hydrogen) atoms. The highest BCUT2D eigenvalue weighted by molar-refractivity contribution is 5.85. The first-order valence-corrected chi connectivity index (χ1v) is 5.66. The molecule has 0 heterocycles. The van der Waals surface area contributed by atoms with E-state index in [0.29, 0.717) is 5.41 Å². The Morgan fingerprint density at radius 3 is 2.64 bits per heavy atom. The van der Waals surface area contributed by atoms with Gasteiger partial charge in [0.15, 0.2) is 0 Å². The molecule has 1 saturated carbocycles. The minimum absolute atomic E-state index is 0.495. The van der Waals surface area contributed by atoms with Gasteiger partial charge in [0.2, 0.25) is 0 Å². The molecule has 0 aromatic heterocycles. The highest BCUT2D eigenvalue weighted by Crippen LogP contribution is 2.33. The molecule has 0 radical (unpaired) electrons. The van der Waals surface area contributed by atoms with Crippen molar-refractivity contribution in [3.05, 3.63) is 0 Å². The molecular weight excluding hydrogens is 172 g/mol. The summed E-state index contributed by atoms with van der Waals surface area (Å²) in [6, 6.07) is 0. The second kappa shape index (κ2) is 4.92. The summed E-state index contributed by atoms with van der Waals surface area (Å²) < 4.78 is 0. The lowest BCUT2D eigenvalue weighted by Gasteiger charge is -2.30. The standard InChI is InChI=1S/C12H24N2/c1-12(2)7-5-6-11(10-12)13-8-9-14(3)4/h5-10H2,1-4H3. The molecule has 82 valence electrons. The van der Waals surface area contributed by atoms with E-state index >= 15 is 0 Å². The van der Waals surface area contributed by atoms with E-state index in [0.717, 1.165) is 13.1 Å². The highest BCUT2D eigenvalue weighted by Gasteiger charge is 2.24. The van der Waals surface area contributed by atoms with Crippen LogP contribution in [0.25, 0.3) is 0 Å². The summed E-state index contributed by atoms with van der Waals surface area (Å²) in [5.74, 6) is 0. The summed E-state index contributed by atoms with van der Waals surface area (Å²) in [4.78, 5) is 6.89. The third-order valence-corrected chi connectivity index (χ3v) is 2.88. The zero-order valence-electron chi connectivity index (χ0n) is 10.1. The number of likely N-dealkylation sites (N-methyl/N-ethyl adjacent to an activating group) is 1. The fourth-order valence-electron chi connectivity index (χ4n) is 2.04. The van der Waals surface area contributed by atoms with Crippen molar-refractivity contribution in [2.75, 3.05) is 27.2 Å². The molecule has 1 rings (SSSR count). The lowest BCUT2D eigenvalue weighted by Crippen LogP contribution is -2.23. The normalized spacial score (nSPS) is 24.5. The Labute approximate surface area is 88.4 Å². The lowest BCUT2D eigenvalue weighted by atomic mass is 9.76. The number of hydrogen-bond acceptors (Lipinski definition) is 2. The molecule has 0 amide bonds. The molecule has 0 saturated heterocycles. The predicted molar refractivity (Wildman–Crippen MR) is 63.1 cm³/mol. The largest absolute Gasteiger partial charge is 0.308 e. The van der Waals surface area contributed by atoms with Crippen molar-refractivity contribution in [3.8, 4) is 0 Å². The molecule has 0 aliphatic heterocycles. The van der Waals surface area contributed by atoms with Crippen LogP contribution in [0.15, 0.2) is 4.99 Å². The molecule has 0 bridgehead atoms. The molecule has 1 aliphatic rings. The van der Waals surface area contributed by atoms with Gasteiger partial charge < -0.3 is 4.90 Å². The van der Waals surface area contributed by atoms with Crippen LogP contribution >= 0.6 is 0 Å². The lowest BCUT2D eigenvalue weighted by molar-refractivity contribution is 0.320. The third-order valence-electron chi connectivity index (χ3n) is 2.88. The zero-order valence-corrected chi connectivity index (χ0v) is 10.1. The van der Waals surface area contributed by atoms with E-state index in [2.05, 4.69) is 32.8 Å². The maximum Gasteiger partial charge on any atom is 0.0515 e. The van der Waals surface area contributed by atoms with Crippen molar-refractivity contribution >= 4 is 5.71 Å². The first kappa shape index (κ1) is 11.7. The average Bonchev–Trinajstić information content (AvgIpc) is 2.01. The van der Waals surface area contributed by atoms with E-state index in [1.165, 1.54) is 31.4 Å². The van der Waals surface area contributed by atoms with E-state index < -0.39 is 0 Å². The second-order valence-corrected chi connectivity index (χ2v) is 5.45. The van der Waals surface area contributed by atoms with Crippen molar-refractivity contribution in [3.63, 3.8) is 0 Å². The monoisotopic (exact) mass is 196 g/mol. The van der Waals surface area contributed by atoms with Gasteiger partial charge in [0, 0.05) is 12.3 Å². The predicted octanol–water partition coefficient (Wildman–Crippen LogP) is 2.59. The summed E-state index contributed by atoms with van der Waals surface area (Å²) in [7, 11) is 4.20. The summed E-state index contributed by atoms with van der Waals surface area (Å²) in [5, 5.41) is 0. The summed E-state index contributed by atoms with van der Waals surface area (Å²) >= 11 is 0. The molecule has 0 unspecified atom stereocenters. The van der Waals surface area contributed by atoms with Crippen molar-refractivity contribution in [1.29, 1.82) is 0 Å². The Morgan fingerprint density at radius 2 is 2.07 bits per heavy atom. The third kappa shape index (κ3) is 4.23. The Hall–Kier alpha value is -0.370. The molecule has 0 aromatic carbocycles. The molecule has 0 spiro atoms. The van der Waals surface area contributed by atoms with Crippen molar-refractivity contribution in [2.24, 2.45) is 10.4 Å². The molecule has 1 aliphatic carbocycles. The van der Waals surface area contributed by atoms with Crippen LogP contribution in [0.3, 0.4) is 0 Å². The molecular formula is C12H24N2. The van der Waals surface area contributed by atoms with Gasteiger partial charge in [-0.2, -0.15) is 0 Å². The van der Waals surface area contributed by atoms with Gasteiger partial charge >= 0.3 is 0 Å². The number of nitrogens with zero attached hydrogens (tertiary/aromatic N) is 2. The summed E-state index contributed by atoms with van der Waals surface area (Å²) in [6.45, 7) is 6.75. The van der Waals surface area contributed by atoms with Gasteiger partial charge in [0.1, 0.15) is 0 Å². The molecule has 1 fully saturated rings. The first-order chi connectivity index (χ1) is 6.49. The van der Waals surface area contributed by atoms with Crippen LogP contribution in [0.2, 0.25) is 0 Å². The first-order valence-electron chi connectivity index (χ1n) is 5.66. The van der Waals surface area contributed by atoms with E-state index in [4.69, 9.17) is 4.99 Å². The quantitative estimate of drug-likeness (QED) is 0.677. The molecule has 0 atom stereocenters. The van der Waals surface area contributed by atoms with Crippen molar-refractivity contribution in [1.82, 2.24) is 4.90 Å². The van der Waals surface area contributed by atoms with Gasteiger partial charge in [-0.1, -0.05) is 13.8 Å². The summed E-state index contributed by atoms with van der Waals surface area (Å²) in [5.41, 5.74) is 1.94. The van der Waals surface area contributed by atoms with E-state index in [-0.39, 0.29) is 0 Å². The van der Waals surface area contributed by atoms with Gasteiger partial charge in [0.25, 0.3) is 0 Å². The van der Waals surface area contributed by atoms with Gasteiger partial charge in [-0.25, -0.2) is 0 Å². The van der Waals surface area contributed by atoms with Crippen LogP contribution in [0.4, 0.5) is 0 Å². The van der Waals surface area contributed by atoms with E-state index in [1.54, 1.807) is 0 Å². The van der Waals surface area contributed by atoms with Crippen LogP contribution in [0.5, 0.6) is 0 Å². The van der Waals surface area contributed by atoms with Crippen molar-refractivity contribution in [2.45, 2.75) is 39.5 Å². The fraction of sp³-hybridized carbons (Fsp3) is 0.917. The van der Waals surface area contributed by atoms with Gasteiger partial charge in [-0.3, -0.25) is 4.99 Å². The van der Waals surface area contributed by atoms with Gasteiger partial charge in [-0.15, -0.1) is 0 Å². The Balaban J connectivity index is 2.36. The van der Waals surface area contributed by atoms with Crippen LogP contribution < -0.4 is 0 Å². The minimum Gasteiger partial charge on any atom is -0.308 e. The Kier molecular flexibility index (Phi) is 4.11. The van der Waals surface area contributed by atoms with Crippen LogP contribution in [0.1, 0.15) is 39.5 Å². The molecule has 0 N–H and O–H groups in total. The second-order valence-electron chi connectivity index (χ2n) is 5.45. The van der Waals surface area contributed by atoms with Crippen molar-refractivity contribution < 1.29 is 0 Å². The maximum atomic E-state index is 4.69. The number of rotatable bonds is 3. The fourth-order valence-corrected chi connectivity index (χ4v) is 2.04. The SMILES string of the molecule is CN(C)CCN=C1CCCC(C)(C)C1. The van der Waals surface area contributed by atoms with Gasteiger partial charge in [-0.05, 0) is 45.2 Å². The zero-order chi connectivity index (χ0) is 10.6. The summed E-state index contributed by atoms with van der Waals surface area (Å²) in [6.07, 6.45) is 5.13. The van der Waals surface area contributed by atoms with Crippen LogP contribution in [-0.4, -0.2) is 37.8 Å². The van der Waals surface area contributed by atoms with Crippen LogP contribution in [0, 0.1) is 5.41 Å². The van der Waals surface area contributed by atoms with E-state index in [9.17, 15) is 0 Å². The number of hydrogen-bond donors (Lipinski definition) is 0. The number of aliphatic imine (C=N–C) groups is 1. The molecule has 2 heteroatoms. The van der Waals surface area contributed by atoms with Gasteiger partial charge in [0.05, 0.1) is 6.54 Å². The van der Waals surface area contributed by atoms with Crippen LogP contribution in [-0.2, 0) is 0 Å². The molecule has 0 aromatic rings. The smallest absolute Gasteiger partial charge is 0.0515 e. The minimum atomic E-state index is 0.495. The highest BCUT2D eigenvalue weighted by atomic mass is 15.1. The molecule has 2 nitrogen and oxygen atoms in total. The average molecular weight is 196 g/mol. The topological polar surface area (TPSA) is 15.6 Å². The maximum absolute atomic E-state index is 4.69. The Morgan fingerprint density at radius 1 is 1.36 bits per heavy atom. The van der Waals surface area contributed by atoms with E-state index in [1.807, 2.05) is 0 Å².